The molecule has 1 atom stereocenters. The maximum Gasteiger partial charge on any atom is 0.332 e. The average molecular weight is 244 g/mol. The van der Waals surface area contributed by atoms with Crippen LogP contribution in [0.2, 0.25) is 0 Å². The number of nitrogens with one attached hydrogen (secondary N) is 1. The molecule has 1 aliphatic rings. The average Bonchev–Trinajstić information content (AvgIpc) is 2.35. The van der Waals surface area contributed by atoms with Crippen LogP contribution >= 0.6 is 0 Å². The van der Waals surface area contributed by atoms with E-state index in [4.69, 9.17) is 5.21 Å². The second kappa shape index (κ2) is 4.18. The van der Waals surface area contributed by atoms with Gasteiger partial charge in [-0.2, -0.15) is 10.4 Å². The van der Waals surface area contributed by atoms with Crippen LogP contribution in [0.4, 0.5) is 4.79 Å². The molecule has 0 aromatic rings. The van der Waals surface area contributed by atoms with Crippen molar-refractivity contribution in [1.82, 2.24) is 15.3 Å². The Bertz CT molecular complexity index is 371. The van der Waals surface area contributed by atoms with Crippen LogP contribution in [0.3, 0.4) is 0 Å². The van der Waals surface area contributed by atoms with Gasteiger partial charge in [0.2, 0.25) is 5.54 Å². The van der Waals surface area contributed by atoms with Gasteiger partial charge in [0.05, 0.1) is 0 Å². The van der Waals surface area contributed by atoms with Crippen LogP contribution in [0.5, 0.6) is 0 Å². The van der Waals surface area contributed by atoms with Crippen LogP contribution in [-0.4, -0.2) is 58.5 Å². The quantitative estimate of drug-likeness (QED) is 0.370. The van der Waals surface area contributed by atoms with Gasteiger partial charge in [0.15, 0.2) is 0 Å². The molecule has 1 heterocycles. The van der Waals surface area contributed by atoms with Crippen LogP contribution in [0.25, 0.3) is 0 Å². The first-order valence-electron chi connectivity index (χ1n) is 4.68. The van der Waals surface area contributed by atoms with Gasteiger partial charge in [0.25, 0.3) is 11.8 Å². The lowest BCUT2D eigenvalue weighted by atomic mass is 9.87. The second-order valence-electron chi connectivity index (χ2n) is 3.71. The summed E-state index contributed by atoms with van der Waals surface area (Å²) in [6, 6.07) is -2.21. The van der Waals surface area contributed by atoms with Gasteiger partial charge in [-0.15, -0.1) is 0 Å². The highest BCUT2D eigenvalue weighted by Crippen LogP contribution is 2.24. The molecule has 1 aliphatic heterocycles. The van der Waals surface area contributed by atoms with E-state index in [0.717, 1.165) is 14.1 Å². The van der Waals surface area contributed by atoms with E-state index in [1.807, 2.05) is 0 Å². The predicted molar refractivity (Wildman–Crippen MR) is 53.8 cm³/mol. The van der Waals surface area contributed by atoms with Gasteiger partial charge in [0, 0.05) is 14.1 Å². The Hall–Kier alpha value is -1.87. The van der Waals surface area contributed by atoms with E-state index in [9.17, 15) is 19.3 Å². The molecule has 0 aromatic carbocycles. The number of nitrogens with zero attached hydrogens (tertiary/aromatic N) is 3. The smallest absolute Gasteiger partial charge is 0.315 e. The van der Waals surface area contributed by atoms with Gasteiger partial charge in [-0.3, -0.25) is 19.4 Å². The molecule has 2 N–H and O–H groups in total. The zero-order chi connectivity index (χ0) is 13.4. The van der Waals surface area contributed by atoms with Crippen molar-refractivity contribution in [3.05, 3.63) is 4.91 Å². The minimum absolute atomic E-state index is 0.631. The van der Waals surface area contributed by atoms with Crippen molar-refractivity contribution in [3.8, 4) is 0 Å². The number of rotatable bonds is 3. The number of barbiturate groups is 1. The Kier molecular flexibility index (Phi) is 3.25. The number of hydrogen-bond acceptors (Lipinski definition) is 7. The van der Waals surface area contributed by atoms with Crippen molar-refractivity contribution in [2.75, 3.05) is 14.1 Å². The maximum atomic E-state index is 11.9. The predicted octanol–water partition coefficient (Wildman–Crippen LogP) is -1.09. The van der Waals surface area contributed by atoms with E-state index >= 15 is 0 Å². The van der Waals surface area contributed by atoms with Gasteiger partial charge in [-0.25, -0.2) is 4.79 Å². The van der Waals surface area contributed by atoms with Crippen molar-refractivity contribution in [2.45, 2.75) is 18.5 Å². The summed E-state index contributed by atoms with van der Waals surface area (Å²) in [6.07, 6.45) is 0. The van der Waals surface area contributed by atoms with Gasteiger partial charge >= 0.3 is 6.03 Å². The first-order valence-corrected chi connectivity index (χ1v) is 4.68. The van der Waals surface area contributed by atoms with E-state index < -0.39 is 29.4 Å². The minimum Gasteiger partial charge on any atom is -0.315 e. The number of likely N-dealkylation sites (N-methyl/N-ethyl adjacent to an activating group) is 2. The number of carbonyl (C=O) groups is 3. The topological polar surface area (TPSA) is 119 Å². The molecular weight excluding hydrogens is 232 g/mol. The number of amides is 4. The molecule has 0 bridgehead atoms. The van der Waals surface area contributed by atoms with Crippen molar-refractivity contribution >= 4 is 17.8 Å². The van der Waals surface area contributed by atoms with Gasteiger partial charge < -0.3 is 5.21 Å². The highest BCUT2D eigenvalue weighted by atomic mass is 16.5. The van der Waals surface area contributed by atoms with Gasteiger partial charge in [-0.05, 0) is 6.92 Å². The fourth-order valence-electron chi connectivity index (χ4n) is 1.64. The molecule has 94 valence electrons. The third kappa shape index (κ3) is 1.51. The molecule has 1 unspecified atom stereocenters. The minimum atomic E-state index is -2.25. The summed E-state index contributed by atoms with van der Waals surface area (Å²) in [5.41, 5.74) is -0.730. The standard InChI is InChI=1S/C8H12N4O5/c1-4(9-16)8(10-17)5(13)11(2)7(15)12(3)6(8)14/h4,10,17H,1-3H3. The zero-order valence-electron chi connectivity index (χ0n) is 9.50. The van der Waals surface area contributed by atoms with E-state index in [2.05, 4.69) is 5.18 Å². The van der Waals surface area contributed by atoms with E-state index in [-0.39, 0.29) is 0 Å². The second-order valence-corrected chi connectivity index (χ2v) is 3.71. The lowest BCUT2D eigenvalue weighted by Crippen LogP contribution is -2.75. The van der Waals surface area contributed by atoms with E-state index in [1.165, 1.54) is 12.4 Å². The van der Waals surface area contributed by atoms with E-state index in [0.29, 0.717) is 9.80 Å². The largest absolute Gasteiger partial charge is 0.332 e. The molecule has 9 heteroatoms. The van der Waals surface area contributed by atoms with Crippen LogP contribution in [0, 0.1) is 4.91 Å². The number of hydroxylamine groups is 1. The Morgan fingerprint density at radius 1 is 1.24 bits per heavy atom. The fourth-order valence-corrected chi connectivity index (χ4v) is 1.64. The van der Waals surface area contributed by atoms with Crippen LogP contribution in [0.15, 0.2) is 5.18 Å². The van der Waals surface area contributed by atoms with Crippen molar-refractivity contribution < 1.29 is 19.6 Å². The van der Waals surface area contributed by atoms with E-state index in [1.54, 1.807) is 0 Å². The van der Waals surface area contributed by atoms with Crippen LogP contribution in [0.1, 0.15) is 6.92 Å². The molecule has 4 amide bonds. The molecule has 17 heavy (non-hydrogen) atoms. The molecule has 1 saturated heterocycles. The number of hydrogen-bond donors (Lipinski definition) is 2. The maximum absolute atomic E-state index is 11.9. The number of imide groups is 2. The third-order valence-electron chi connectivity index (χ3n) is 2.82. The Balaban J connectivity index is 3.37. The van der Waals surface area contributed by atoms with Gasteiger partial charge in [-0.1, -0.05) is 5.18 Å². The number of urea groups is 1. The summed E-state index contributed by atoms with van der Waals surface area (Å²) < 4.78 is 0. The molecular formula is C8H12N4O5. The van der Waals surface area contributed by atoms with Crippen LogP contribution < -0.4 is 5.48 Å². The molecule has 1 fully saturated rings. The Labute approximate surface area is 96.3 Å². The third-order valence-corrected chi connectivity index (χ3v) is 2.82. The first-order chi connectivity index (χ1) is 7.84. The van der Waals surface area contributed by atoms with Crippen LogP contribution in [-0.2, 0) is 9.59 Å². The normalized spacial score (nSPS) is 21.8. The fraction of sp³-hybridized carbons (Fsp3) is 0.625. The Morgan fingerprint density at radius 3 is 1.94 bits per heavy atom. The summed E-state index contributed by atoms with van der Waals surface area (Å²) in [7, 11) is 2.27. The lowest BCUT2D eigenvalue weighted by molar-refractivity contribution is -0.159. The van der Waals surface area contributed by atoms with Crippen molar-refractivity contribution in [2.24, 2.45) is 5.18 Å². The van der Waals surface area contributed by atoms with Gasteiger partial charge in [0.1, 0.15) is 6.04 Å². The highest BCUT2D eigenvalue weighted by molar-refractivity contribution is 6.22. The molecule has 0 spiro atoms. The molecule has 0 aliphatic carbocycles. The summed E-state index contributed by atoms with van der Waals surface area (Å²) in [6.45, 7) is 1.18. The Morgan fingerprint density at radius 2 is 1.65 bits per heavy atom. The lowest BCUT2D eigenvalue weighted by Gasteiger charge is -2.41. The highest BCUT2D eigenvalue weighted by Gasteiger charge is 2.60. The number of nitroso groups, excluding NO2 is 1. The monoisotopic (exact) mass is 244 g/mol. The molecule has 0 aromatic heterocycles. The summed E-state index contributed by atoms with van der Waals surface area (Å²) in [5, 5.41) is 11.6. The van der Waals surface area contributed by atoms with Crippen molar-refractivity contribution in [1.29, 1.82) is 0 Å². The molecule has 1 rings (SSSR count). The molecule has 0 saturated carbocycles. The molecule has 9 nitrogen and oxygen atoms in total. The zero-order valence-corrected chi connectivity index (χ0v) is 9.50. The summed E-state index contributed by atoms with van der Waals surface area (Å²) in [5.74, 6) is -2.06. The SMILES string of the molecule is CC(N=O)C1(NO)C(=O)N(C)C(=O)N(C)C1=O. The first kappa shape index (κ1) is 13.2. The summed E-state index contributed by atoms with van der Waals surface area (Å²) >= 11 is 0. The summed E-state index contributed by atoms with van der Waals surface area (Å²) in [4.78, 5) is 47.0. The number of carbonyl (C=O) groups excluding carboxylic acids is 3. The van der Waals surface area contributed by atoms with Crippen molar-refractivity contribution in [3.63, 3.8) is 0 Å². The molecule has 0 radical (unpaired) electrons.